The monoisotopic (exact) mass is 287 g/mol. The highest BCUT2D eigenvalue weighted by molar-refractivity contribution is 14.1. The van der Waals surface area contributed by atoms with Gasteiger partial charge >= 0.3 is 0 Å². The molecule has 1 fully saturated rings. The molecule has 0 saturated carbocycles. The zero-order chi connectivity index (χ0) is 8.97. The topological polar surface area (TPSA) is 53.7 Å². The first kappa shape index (κ1) is 10.6. The van der Waals surface area contributed by atoms with E-state index in [0.717, 1.165) is 12.8 Å². The van der Waals surface area contributed by atoms with Gasteiger partial charge in [-0.25, -0.2) is 0 Å². The van der Waals surface area contributed by atoms with E-state index in [1.54, 1.807) is 7.11 Å². The van der Waals surface area contributed by atoms with Crippen molar-refractivity contribution in [2.45, 2.75) is 31.3 Å². The van der Waals surface area contributed by atoms with Crippen molar-refractivity contribution >= 4 is 23.0 Å². The van der Waals surface area contributed by atoms with E-state index in [9.17, 15) is 0 Å². The van der Waals surface area contributed by atoms with Gasteiger partial charge in [-0.2, -0.15) is 0 Å². The van der Waals surface area contributed by atoms with E-state index < -0.39 is 0 Å². The van der Waals surface area contributed by atoms with E-state index >= 15 is 0 Å². The molecule has 5 heteroatoms. The largest absolute Gasteiger partial charge is 0.382 e. The molecule has 1 aliphatic rings. The van der Waals surface area contributed by atoms with Gasteiger partial charge in [0.1, 0.15) is 35.3 Å². The van der Waals surface area contributed by atoms with Crippen LogP contribution in [0.1, 0.15) is 12.8 Å². The average molecular weight is 287 g/mol. The summed E-state index contributed by atoms with van der Waals surface area (Å²) >= 11 is 1.89. The molecule has 12 heavy (non-hydrogen) atoms. The maximum Gasteiger partial charge on any atom is 0.110 e. The van der Waals surface area contributed by atoms with Crippen LogP contribution in [0.2, 0.25) is 0 Å². The van der Waals surface area contributed by atoms with Gasteiger partial charge in [0.15, 0.2) is 0 Å². The highest BCUT2D eigenvalue weighted by Gasteiger charge is 2.29. The minimum atomic E-state index is -0.159. The third-order valence-corrected chi connectivity index (χ3v) is 2.60. The van der Waals surface area contributed by atoms with Crippen molar-refractivity contribution in [1.82, 2.24) is 0 Å². The average Bonchev–Trinajstić information content (AvgIpc) is 2.05. The number of methoxy groups -OCH3 is 1. The molecule has 0 aromatic carbocycles. The zero-order valence-electron chi connectivity index (χ0n) is 7.03. The normalized spacial score (nSPS) is 36.8. The second kappa shape index (κ2) is 5.33. The van der Waals surface area contributed by atoms with Crippen LogP contribution in [0.4, 0.5) is 0 Å². The Kier molecular flexibility index (Phi) is 4.73. The van der Waals surface area contributed by atoms with Gasteiger partial charge in [0.25, 0.3) is 0 Å². The van der Waals surface area contributed by atoms with E-state index in [2.05, 4.69) is 0 Å². The first-order valence-corrected chi connectivity index (χ1v) is 4.83. The molecule has 1 saturated heterocycles. The molecule has 0 aromatic rings. The Bertz CT molecular complexity index is 136. The molecule has 0 bridgehead atoms. The summed E-state index contributed by atoms with van der Waals surface area (Å²) in [4.78, 5) is 0. The Morgan fingerprint density at radius 3 is 2.92 bits per heavy atom. The summed E-state index contributed by atoms with van der Waals surface area (Å²) in [5.41, 5.74) is 5.64. The minimum absolute atomic E-state index is 0.0179. The Hall–Kier alpha value is 0.570. The second-order valence-electron chi connectivity index (χ2n) is 2.87. The number of hydrogen-bond acceptors (Lipinski definition) is 4. The van der Waals surface area contributed by atoms with E-state index in [0.29, 0.717) is 6.61 Å². The molecule has 0 aliphatic carbocycles. The molecule has 1 rings (SSSR count). The first-order chi connectivity index (χ1) is 5.77. The number of nitrogens with two attached hydrogens (primary N) is 1. The molecule has 4 nitrogen and oxygen atoms in total. The number of halogens is 1. The quantitative estimate of drug-likeness (QED) is 0.781. The molecular formula is C7H14INO3. The Morgan fingerprint density at radius 1 is 1.58 bits per heavy atom. The van der Waals surface area contributed by atoms with Gasteiger partial charge in [-0.1, -0.05) is 0 Å². The molecular weight excluding hydrogens is 273 g/mol. The van der Waals surface area contributed by atoms with Crippen LogP contribution in [0.15, 0.2) is 0 Å². The summed E-state index contributed by atoms with van der Waals surface area (Å²) in [6.45, 7) is 0.543. The summed E-state index contributed by atoms with van der Waals surface area (Å²) < 4.78 is 15.7. The van der Waals surface area contributed by atoms with Gasteiger partial charge in [-0.3, -0.25) is 0 Å². The van der Waals surface area contributed by atoms with Crippen LogP contribution < -0.4 is 5.73 Å². The van der Waals surface area contributed by atoms with Crippen molar-refractivity contribution in [3.8, 4) is 0 Å². The SMILES string of the molecule is COC[C@H]1OC(N)CCC1OI. The smallest absolute Gasteiger partial charge is 0.110 e. The standard InChI is InChI=1S/C7H14INO3/c1-10-4-6-5(12-8)2-3-7(9)11-6/h5-7H,2-4,9H2,1H3/t5?,6-,7?/m1/s1. The molecule has 1 aliphatic heterocycles. The summed E-state index contributed by atoms with van der Waals surface area (Å²) in [7, 11) is 1.65. The van der Waals surface area contributed by atoms with Crippen LogP contribution in [-0.4, -0.2) is 32.2 Å². The van der Waals surface area contributed by atoms with Crippen LogP contribution in [0.25, 0.3) is 0 Å². The van der Waals surface area contributed by atoms with E-state index in [-0.39, 0.29) is 18.4 Å². The zero-order valence-corrected chi connectivity index (χ0v) is 9.19. The van der Waals surface area contributed by atoms with E-state index in [1.807, 2.05) is 23.0 Å². The van der Waals surface area contributed by atoms with Crippen LogP contribution in [0.5, 0.6) is 0 Å². The molecule has 2 N–H and O–H groups in total. The highest BCUT2D eigenvalue weighted by Crippen LogP contribution is 2.21. The maximum atomic E-state index is 5.64. The Balaban J connectivity index is 2.40. The van der Waals surface area contributed by atoms with Crippen molar-refractivity contribution in [2.75, 3.05) is 13.7 Å². The van der Waals surface area contributed by atoms with Gasteiger partial charge in [0, 0.05) is 7.11 Å². The molecule has 2 unspecified atom stereocenters. The third-order valence-electron chi connectivity index (χ3n) is 1.95. The fourth-order valence-corrected chi connectivity index (χ4v) is 1.89. The number of ether oxygens (including phenoxy) is 2. The molecule has 3 atom stereocenters. The lowest BCUT2D eigenvalue weighted by Gasteiger charge is -2.32. The summed E-state index contributed by atoms with van der Waals surface area (Å²) in [6, 6.07) is 0. The molecule has 1 heterocycles. The predicted octanol–water partition coefficient (Wildman–Crippen LogP) is 0.832. The number of rotatable bonds is 3. The molecule has 0 amide bonds. The third kappa shape index (κ3) is 2.81. The summed E-state index contributed by atoms with van der Waals surface area (Å²) in [5, 5.41) is 0. The summed E-state index contributed by atoms with van der Waals surface area (Å²) in [5.74, 6) is 0. The summed E-state index contributed by atoms with van der Waals surface area (Å²) in [6.07, 6.45) is 1.74. The van der Waals surface area contributed by atoms with E-state index in [1.165, 1.54) is 0 Å². The molecule has 0 radical (unpaired) electrons. The van der Waals surface area contributed by atoms with Crippen molar-refractivity contribution in [2.24, 2.45) is 5.73 Å². The second-order valence-corrected chi connectivity index (χ2v) is 3.38. The first-order valence-electron chi connectivity index (χ1n) is 3.95. The molecule has 0 spiro atoms. The van der Waals surface area contributed by atoms with Crippen molar-refractivity contribution in [3.63, 3.8) is 0 Å². The lowest BCUT2D eigenvalue weighted by Crippen LogP contribution is -2.45. The fourth-order valence-electron chi connectivity index (χ4n) is 1.31. The van der Waals surface area contributed by atoms with Gasteiger partial charge in [0.2, 0.25) is 0 Å². The maximum absolute atomic E-state index is 5.64. The highest BCUT2D eigenvalue weighted by atomic mass is 127. The van der Waals surface area contributed by atoms with Gasteiger partial charge in [-0.15, -0.1) is 0 Å². The lowest BCUT2D eigenvalue weighted by atomic mass is 10.1. The predicted molar refractivity (Wildman–Crippen MR) is 52.9 cm³/mol. The van der Waals surface area contributed by atoms with Crippen LogP contribution in [-0.2, 0) is 12.5 Å². The fraction of sp³-hybridized carbons (Fsp3) is 1.00. The molecule has 72 valence electrons. The van der Waals surface area contributed by atoms with Crippen molar-refractivity contribution < 1.29 is 12.5 Å². The van der Waals surface area contributed by atoms with Crippen LogP contribution in [0.3, 0.4) is 0 Å². The Morgan fingerprint density at radius 2 is 2.33 bits per heavy atom. The minimum Gasteiger partial charge on any atom is -0.382 e. The molecule has 0 aromatic heterocycles. The van der Waals surface area contributed by atoms with Crippen molar-refractivity contribution in [3.05, 3.63) is 0 Å². The van der Waals surface area contributed by atoms with Gasteiger partial charge in [-0.05, 0) is 12.8 Å². The van der Waals surface area contributed by atoms with Gasteiger partial charge in [0.05, 0.1) is 12.7 Å². The van der Waals surface area contributed by atoms with Crippen LogP contribution >= 0.6 is 23.0 Å². The van der Waals surface area contributed by atoms with E-state index in [4.69, 9.17) is 18.3 Å². The van der Waals surface area contributed by atoms with Gasteiger partial charge < -0.3 is 18.3 Å². The Labute approximate surface area is 86.4 Å². The lowest BCUT2D eigenvalue weighted by molar-refractivity contribution is -0.119. The van der Waals surface area contributed by atoms with Crippen molar-refractivity contribution in [1.29, 1.82) is 0 Å². The van der Waals surface area contributed by atoms with Crippen LogP contribution in [0, 0.1) is 0 Å². The number of hydrogen-bond donors (Lipinski definition) is 1.